The molecule has 144 valence electrons. The van der Waals surface area contributed by atoms with E-state index in [1.54, 1.807) is 41.0 Å². The highest BCUT2D eigenvalue weighted by atomic mass is 32.2. The minimum absolute atomic E-state index is 0.283. The van der Waals surface area contributed by atoms with Crippen LogP contribution in [0.2, 0.25) is 0 Å². The number of amides is 2. The molecule has 1 atom stereocenters. The molecular weight excluding hydrogens is 358 g/mol. The van der Waals surface area contributed by atoms with Crippen LogP contribution < -0.4 is 9.04 Å². The summed E-state index contributed by atoms with van der Waals surface area (Å²) in [5, 5.41) is 0. The fraction of sp³-hybridized carbons (Fsp3) is 0.529. The van der Waals surface area contributed by atoms with Crippen molar-refractivity contribution < 1.29 is 22.7 Å². The number of ether oxygens (including phenoxy) is 1. The molecule has 0 bridgehead atoms. The van der Waals surface area contributed by atoms with Gasteiger partial charge >= 0.3 is 0 Å². The Balaban J connectivity index is 2.21. The Labute approximate surface area is 154 Å². The molecule has 0 N–H and O–H groups in total. The molecule has 1 aromatic carbocycles. The van der Waals surface area contributed by atoms with Crippen molar-refractivity contribution in [3.63, 3.8) is 0 Å². The second-order valence-corrected chi connectivity index (χ2v) is 7.99. The van der Waals surface area contributed by atoms with E-state index in [-0.39, 0.29) is 5.91 Å². The summed E-state index contributed by atoms with van der Waals surface area (Å²) < 4.78 is 31.2. The third kappa shape index (κ3) is 4.66. The zero-order valence-electron chi connectivity index (χ0n) is 15.3. The lowest BCUT2D eigenvalue weighted by Gasteiger charge is -2.36. The van der Waals surface area contributed by atoms with Crippen molar-refractivity contribution in [2.75, 3.05) is 43.3 Å². The number of sulfonamides is 1. The number of hydrogen-bond donors (Lipinski definition) is 0. The van der Waals surface area contributed by atoms with Crippen LogP contribution in [-0.4, -0.2) is 75.6 Å². The van der Waals surface area contributed by atoms with Crippen molar-refractivity contribution in [2.24, 2.45) is 0 Å². The van der Waals surface area contributed by atoms with Crippen molar-refractivity contribution in [1.82, 2.24) is 9.80 Å². The predicted octanol–water partition coefficient (Wildman–Crippen LogP) is 0.540. The van der Waals surface area contributed by atoms with Crippen LogP contribution >= 0.6 is 0 Å². The quantitative estimate of drug-likeness (QED) is 0.642. The topological polar surface area (TPSA) is 87.2 Å². The van der Waals surface area contributed by atoms with E-state index in [0.717, 1.165) is 17.0 Å². The number of carbonyl (C=O) groups is 2. The molecule has 1 aliphatic rings. The van der Waals surface area contributed by atoms with Gasteiger partial charge in [0.25, 0.3) is 0 Å². The van der Waals surface area contributed by atoms with E-state index in [0.29, 0.717) is 44.2 Å². The Morgan fingerprint density at radius 1 is 1.23 bits per heavy atom. The largest absolute Gasteiger partial charge is 0.494 e. The van der Waals surface area contributed by atoms with Crippen LogP contribution in [0.3, 0.4) is 0 Å². The molecule has 1 fully saturated rings. The van der Waals surface area contributed by atoms with Gasteiger partial charge in [-0.25, -0.2) is 8.42 Å². The number of rotatable bonds is 7. The Kier molecular flexibility index (Phi) is 6.47. The van der Waals surface area contributed by atoms with Gasteiger partial charge in [0.1, 0.15) is 11.8 Å². The number of piperazine rings is 1. The molecule has 2 amide bonds. The molecule has 26 heavy (non-hydrogen) atoms. The molecule has 1 aromatic rings. The SMILES string of the molecule is CCOc1ccc(N([C@H](C)C(=O)N2CCN(C=O)CC2)S(C)(=O)=O)cc1. The third-order valence-corrected chi connectivity index (χ3v) is 5.49. The number of carbonyl (C=O) groups excluding carboxylic acids is 2. The van der Waals surface area contributed by atoms with Crippen LogP contribution in [0, 0.1) is 0 Å². The average Bonchev–Trinajstić information content (AvgIpc) is 2.62. The molecular formula is C17H25N3O5S. The normalized spacial score (nSPS) is 16.1. The van der Waals surface area contributed by atoms with Gasteiger partial charge in [-0.1, -0.05) is 0 Å². The van der Waals surface area contributed by atoms with E-state index in [2.05, 4.69) is 0 Å². The summed E-state index contributed by atoms with van der Waals surface area (Å²) in [5.41, 5.74) is 0.406. The Hall–Kier alpha value is -2.29. The summed E-state index contributed by atoms with van der Waals surface area (Å²) in [7, 11) is -3.66. The first-order valence-corrected chi connectivity index (χ1v) is 10.3. The monoisotopic (exact) mass is 383 g/mol. The number of benzene rings is 1. The molecule has 1 aliphatic heterocycles. The van der Waals surface area contributed by atoms with Crippen LogP contribution in [0.15, 0.2) is 24.3 Å². The maximum atomic E-state index is 12.8. The molecule has 0 unspecified atom stereocenters. The fourth-order valence-electron chi connectivity index (χ4n) is 2.97. The summed E-state index contributed by atoms with van der Waals surface area (Å²) >= 11 is 0. The Morgan fingerprint density at radius 2 is 1.81 bits per heavy atom. The number of hydrogen-bond acceptors (Lipinski definition) is 5. The second kappa shape index (κ2) is 8.39. The zero-order valence-corrected chi connectivity index (χ0v) is 16.1. The highest BCUT2D eigenvalue weighted by Gasteiger charge is 2.33. The molecule has 0 aliphatic carbocycles. The average molecular weight is 383 g/mol. The van der Waals surface area contributed by atoms with Gasteiger partial charge in [0.05, 0.1) is 18.6 Å². The van der Waals surface area contributed by atoms with Crippen LogP contribution in [0.1, 0.15) is 13.8 Å². The lowest BCUT2D eigenvalue weighted by molar-refractivity contribution is -0.135. The van der Waals surface area contributed by atoms with Gasteiger partial charge in [-0.3, -0.25) is 13.9 Å². The van der Waals surface area contributed by atoms with Crippen molar-refractivity contribution in [3.05, 3.63) is 24.3 Å². The molecule has 2 rings (SSSR count). The zero-order chi connectivity index (χ0) is 19.3. The van der Waals surface area contributed by atoms with Gasteiger partial charge < -0.3 is 14.5 Å². The van der Waals surface area contributed by atoms with E-state index in [1.165, 1.54) is 0 Å². The second-order valence-electron chi connectivity index (χ2n) is 6.13. The summed E-state index contributed by atoms with van der Waals surface area (Å²) in [6.07, 6.45) is 1.84. The number of anilines is 1. The Morgan fingerprint density at radius 3 is 2.27 bits per heavy atom. The van der Waals surface area contributed by atoms with Crippen LogP contribution in [0.4, 0.5) is 5.69 Å². The summed E-state index contributed by atoms with van der Waals surface area (Å²) in [4.78, 5) is 26.8. The van der Waals surface area contributed by atoms with Gasteiger partial charge in [0.15, 0.2) is 0 Å². The smallest absolute Gasteiger partial charge is 0.246 e. The molecule has 1 heterocycles. The molecule has 9 heteroatoms. The summed E-state index contributed by atoms with van der Waals surface area (Å²) in [6.45, 7) is 5.63. The molecule has 0 aromatic heterocycles. The van der Waals surface area contributed by atoms with Crippen molar-refractivity contribution in [3.8, 4) is 5.75 Å². The first kappa shape index (κ1) is 20.0. The maximum Gasteiger partial charge on any atom is 0.246 e. The van der Waals surface area contributed by atoms with E-state index in [4.69, 9.17) is 4.74 Å². The van der Waals surface area contributed by atoms with Gasteiger partial charge in [-0.05, 0) is 38.1 Å². The standard InChI is InChI=1S/C17H25N3O5S/c1-4-25-16-7-5-15(6-8-16)20(26(3,23)24)14(2)17(22)19-11-9-18(13-21)10-12-19/h5-8,13-14H,4,9-12H2,1-3H3/t14-/m1/s1. The van der Waals surface area contributed by atoms with E-state index < -0.39 is 16.1 Å². The lowest BCUT2D eigenvalue weighted by Crippen LogP contribution is -2.55. The fourth-order valence-corrected chi connectivity index (χ4v) is 4.14. The van der Waals surface area contributed by atoms with Gasteiger partial charge in [-0.2, -0.15) is 0 Å². The Bertz CT molecular complexity index is 727. The van der Waals surface area contributed by atoms with Gasteiger partial charge in [0.2, 0.25) is 22.3 Å². The first-order chi connectivity index (χ1) is 12.3. The van der Waals surface area contributed by atoms with Crippen LogP contribution in [-0.2, 0) is 19.6 Å². The van der Waals surface area contributed by atoms with Gasteiger partial charge in [-0.15, -0.1) is 0 Å². The van der Waals surface area contributed by atoms with E-state index in [9.17, 15) is 18.0 Å². The van der Waals surface area contributed by atoms with E-state index >= 15 is 0 Å². The highest BCUT2D eigenvalue weighted by molar-refractivity contribution is 7.92. The molecule has 0 saturated carbocycles. The molecule has 0 spiro atoms. The summed E-state index contributed by atoms with van der Waals surface area (Å²) in [6, 6.07) is 5.72. The summed E-state index contributed by atoms with van der Waals surface area (Å²) in [5.74, 6) is 0.350. The van der Waals surface area contributed by atoms with Crippen LogP contribution in [0.5, 0.6) is 5.75 Å². The number of nitrogens with zero attached hydrogens (tertiary/aromatic N) is 3. The minimum Gasteiger partial charge on any atom is -0.494 e. The molecule has 0 radical (unpaired) electrons. The van der Waals surface area contributed by atoms with Crippen molar-refractivity contribution in [2.45, 2.75) is 19.9 Å². The lowest BCUT2D eigenvalue weighted by atomic mass is 10.2. The predicted molar refractivity (Wildman–Crippen MR) is 98.6 cm³/mol. The minimum atomic E-state index is -3.66. The van der Waals surface area contributed by atoms with Crippen molar-refractivity contribution >= 4 is 28.0 Å². The maximum absolute atomic E-state index is 12.8. The molecule has 8 nitrogen and oxygen atoms in total. The van der Waals surface area contributed by atoms with Gasteiger partial charge in [0, 0.05) is 26.2 Å². The molecule has 1 saturated heterocycles. The van der Waals surface area contributed by atoms with Crippen molar-refractivity contribution in [1.29, 1.82) is 0 Å². The first-order valence-electron chi connectivity index (χ1n) is 8.48. The third-order valence-electron chi connectivity index (χ3n) is 4.24. The van der Waals surface area contributed by atoms with Crippen LogP contribution in [0.25, 0.3) is 0 Å². The van der Waals surface area contributed by atoms with E-state index in [1.807, 2.05) is 6.92 Å². The highest BCUT2D eigenvalue weighted by Crippen LogP contribution is 2.24.